The summed E-state index contributed by atoms with van der Waals surface area (Å²) in [4.78, 5) is 17.0. The number of carboxylic acid groups (broad SMARTS) is 1. The van der Waals surface area contributed by atoms with Gasteiger partial charge in [0.05, 0.1) is 0 Å². The van der Waals surface area contributed by atoms with E-state index in [-0.39, 0.29) is 24.5 Å². The van der Waals surface area contributed by atoms with Crippen LogP contribution in [0.15, 0.2) is 36.5 Å². The van der Waals surface area contributed by atoms with Crippen LogP contribution in [0.25, 0.3) is 0 Å². The van der Waals surface area contributed by atoms with Crippen molar-refractivity contribution in [1.82, 2.24) is 9.88 Å². The molecule has 1 saturated heterocycles. The highest BCUT2D eigenvalue weighted by atomic mass is 19.4. The molecule has 0 spiro atoms. The molecule has 162 valence electrons. The van der Waals surface area contributed by atoms with E-state index < -0.39 is 41.9 Å². The van der Waals surface area contributed by atoms with E-state index in [0.29, 0.717) is 18.9 Å². The molecule has 1 amide bonds. The molecule has 30 heavy (non-hydrogen) atoms. The van der Waals surface area contributed by atoms with Crippen molar-refractivity contribution in [3.05, 3.63) is 59.4 Å². The molecule has 0 aliphatic carbocycles. The highest BCUT2D eigenvalue weighted by Crippen LogP contribution is 2.36. The molecule has 2 aromatic rings. The maximum atomic E-state index is 14.5. The lowest BCUT2D eigenvalue weighted by molar-refractivity contribution is -0.275. The van der Waals surface area contributed by atoms with Gasteiger partial charge >= 0.3 is 12.5 Å². The van der Waals surface area contributed by atoms with Crippen LogP contribution in [0, 0.1) is 11.6 Å². The molecule has 1 aromatic carbocycles. The topological polar surface area (TPSA) is 71.9 Å². The van der Waals surface area contributed by atoms with E-state index in [1.165, 1.54) is 12.3 Å². The second-order valence-electron chi connectivity index (χ2n) is 6.54. The van der Waals surface area contributed by atoms with E-state index in [2.05, 4.69) is 9.72 Å². The molecule has 1 aliphatic rings. The largest absolute Gasteiger partial charge is 0.573 e. The summed E-state index contributed by atoms with van der Waals surface area (Å²) in [7, 11) is 0. The molecule has 0 bridgehead atoms. The SMILES string of the molecule is O=C(O)N(C1CCOCC1)[C@@H](c1ccc(OC(F)(F)F)c(F)c1)c1ncccc1F. The molecule has 1 aromatic heterocycles. The van der Waals surface area contributed by atoms with Gasteiger partial charge in [-0.1, -0.05) is 6.07 Å². The van der Waals surface area contributed by atoms with Crippen LogP contribution >= 0.6 is 0 Å². The summed E-state index contributed by atoms with van der Waals surface area (Å²) >= 11 is 0. The maximum Gasteiger partial charge on any atom is 0.573 e. The van der Waals surface area contributed by atoms with Crippen LogP contribution in [0.1, 0.15) is 30.1 Å². The molecule has 1 aliphatic heterocycles. The Morgan fingerprint density at radius 3 is 2.47 bits per heavy atom. The lowest BCUT2D eigenvalue weighted by Crippen LogP contribution is -2.45. The van der Waals surface area contributed by atoms with Crippen molar-refractivity contribution in [3.63, 3.8) is 0 Å². The summed E-state index contributed by atoms with van der Waals surface area (Å²) in [5, 5.41) is 9.85. The summed E-state index contributed by atoms with van der Waals surface area (Å²) in [6.45, 7) is 0.553. The molecular formula is C19H17F5N2O4. The molecule has 2 heterocycles. The van der Waals surface area contributed by atoms with Crippen molar-refractivity contribution >= 4 is 6.09 Å². The van der Waals surface area contributed by atoms with Gasteiger partial charge in [-0.3, -0.25) is 9.88 Å². The summed E-state index contributed by atoms with van der Waals surface area (Å²) in [5.74, 6) is -3.29. The average molecular weight is 432 g/mol. The number of alkyl halides is 3. The Bertz CT molecular complexity index is 903. The molecule has 0 radical (unpaired) electrons. The molecular weight excluding hydrogens is 415 g/mol. The number of amides is 1. The zero-order valence-corrected chi connectivity index (χ0v) is 15.4. The van der Waals surface area contributed by atoms with E-state index in [9.17, 15) is 31.9 Å². The van der Waals surface area contributed by atoms with Gasteiger partial charge in [0.25, 0.3) is 0 Å². The number of rotatable bonds is 5. The van der Waals surface area contributed by atoms with Crippen molar-refractivity contribution in [2.45, 2.75) is 31.3 Å². The first-order valence-corrected chi connectivity index (χ1v) is 8.92. The van der Waals surface area contributed by atoms with Gasteiger partial charge in [0.2, 0.25) is 0 Å². The van der Waals surface area contributed by atoms with Crippen LogP contribution in [0.5, 0.6) is 5.75 Å². The molecule has 6 nitrogen and oxygen atoms in total. The molecule has 1 N–H and O–H groups in total. The van der Waals surface area contributed by atoms with Gasteiger partial charge in [-0.25, -0.2) is 13.6 Å². The predicted octanol–water partition coefficient (Wildman–Crippen LogP) is 4.51. The second kappa shape index (κ2) is 8.82. The molecule has 3 rings (SSSR count). The van der Waals surface area contributed by atoms with E-state index in [1.807, 2.05) is 0 Å². The van der Waals surface area contributed by atoms with Crippen molar-refractivity contribution in [1.29, 1.82) is 0 Å². The summed E-state index contributed by atoms with van der Waals surface area (Å²) in [5.41, 5.74) is -0.385. The molecule has 1 fully saturated rings. The van der Waals surface area contributed by atoms with Crippen molar-refractivity contribution in [2.24, 2.45) is 0 Å². The standard InChI is InChI=1S/C19H17F5N2O4/c20-13-2-1-7-25-16(13)17(26(18(27)28)12-5-8-29-9-6-12)11-3-4-15(14(21)10-11)30-19(22,23)24/h1-4,7,10,12,17H,5-6,8-9H2,(H,27,28)/t17-/m0/s1. The highest BCUT2D eigenvalue weighted by molar-refractivity contribution is 5.67. The fourth-order valence-corrected chi connectivity index (χ4v) is 3.38. The number of nitrogens with zero attached hydrogens (tertiary/aromatic N) is 2. The lowest BCUT2D eigenvalue weighted by Gasteiger charge is -2.38. The van der Waals surface area contributed by atoms with Gasteiger partial charge in [0.15, 0.2) is 11.6 Å². The maximum absolute atomic E-state index is 14.5. The molecule has 1 atom stereocenters. The van der Waals surface area contributed by atoms with E-state index >= 15 is 0 Å². The predicted molar refractivity (Wildman–Crippen MR) is 92.8 cm³/mol. The van der Waals surface area contributed by atoms with E-state index in [1.54, 1.807) is 0 Å². The van der Waals surface area contributed by atoms with Gasteiger partial charge in [-0.15, -0.1) is 13.2 Å². The van der Waals surface area contributed by atoms with Crippen LogP contribution in [0.2, 0.25) is 0 Å². The molecule has 0 saturated carbocycles. The Morgan fingerprint density at radius 2 is 1.90 bits per heavy atom. The number of carbonyl (C=O) groups is 1. The van der Waals surface area contributed by atoms with Gasteiger partial charge < -0.3 is 14.6 Å². The first kappa shape index (κ1) is 21.8. The quantitative estimate of drug-likeness (QED) is 0.705. The Labute approximate surface area is 167 Å². The number of aromatic nitrogens is 1. The van der Waals surface area contributed by atoms with Crippen molar-refractivity contribution in [3.8, 4) is 5.75 Å². The van der Waals surface area contributed by atoms with Gasteiger partial charge in [-0.05, 0) is 42.7 Å². The summed E-state index contributed by atoms with van der Waals surface area (Å²) in [6.07, 6.45) is -4.64. The van der Waals surface area contributed by atoms with Gasteiger partial charge in [-0.2, -0.15) is 0 Å². The zero-order chi connectivity index (χ0) is 21.9. The first-order valence-electron chi connectivity index (χ1n) is 8.92. The Balaban J connectivity index is 2.09. The molecule has 0 unspecified atom stereocenters. The van der Waals surface area contributed by atoms with Gasteiger partial charge in [0, 0.05) is 25.5 Å². The smallest absolute Gasteiger partial charge is 0.465 e. The van der Waals surface area contributed by atoms with E-state index in [4.69, 9.17) is 4.74 Å². The first-order chi connectivity index (χ1) is 14.2. The number of hydrogen-bond acceptors (Lipinski definition) is 4. The third-order valence-electron chi connectivity index (χ3n) is 4.63. The third-order valence-corrected chi connectivity index (χ3v) is 4.63. The second-order valence-corrected chi connectivity index (χ2v) is 6.54. The number of hydrogen-bond donors (Lipinski definition) is 1. The Morgan fingerprint density at radius 1 is 1.20 bits per heavy atom. The van der Waals surface area contributed by atoms with Crippen LogP contribution in [-0.4, -0.2) is 46.7 Å². The number of pyridine rings is 1. The highest BCUT2D eigenvalue weighted by Gasteiger charge is 2.37. The minimum absolute atomic E-state index is 0.0893. The van der Waals surface area contributed by atoms with E-state index in [0.717, 1.165) is 23.1 Å². The Hall–Kier alpha value is -2.95. The van der Waals surface area contributed by atoms with Crippen LogP contribution in [0.4, 0.5) is 26.7 Å². The number of halogens is 5. The zero-order valence-electron chi connectivity index (χ0n) is 15.4. The fraction of sp³-hybridized carbons (Fsp3) is 0.368. The fourth-order valence-electron chi connectivity index (χ4n) is 3.38. The third kappa shape index (κ3) is 4.96. The minimum Gasteiger partial charge on any atom is -0.465 e. The number of ether oxygens (including phenoxy) is 2. The van der Waals surface area contributed by atoms with Crippen LogP contribution in [0.3, 0.4) is 0 Å². The lowest BCUT2D eigenvalue weighted by atomic mass is 9.96. The summed E-state index contributed by atoms with van der Waals surface area (Å²) in [6, 6.07) is 2.86. The van der Waals surface area contributed by atoms with Crippen LogP contribution < -0.4 is 4.74 Å². The van der Waals surface area contributed by atoms with Crippen molar-refractivity contribution < 1.29 is 41.3 Å². The van der Waals surface area contributed by atoms with Crippen molar-refractivity contribution in [2.75, 3.05) is 13.2 Å². The average Bonchev–Trinajstić information content (AvgIpc) is 2.68. The minimum atomic E-state index is -5.11. The van der Waals surface area contributed by atoms with Crippen LogP contribution in [-0.2, 0) is 4.74 Å². The normalized spacial score (nSPS) is 16.2. The molecule has 11 heteroatoms. The Kier molecular flexibility index (Phi) is 6.40. The van der Waals surface area contributed by atoms with Gasteiger partial charge in [0.1, 0.15) is 17.6 Å². The number of benzene rings is 1. The summed E-state index contributed by atoms with van der Waals surface area (Å²) < 4.78 is 75.0. The monoisotopic (exact) mass is 432 g/mol.